The van der Waals surface area contributed by atoms with E-state index in [1.165, 1.54) is 4.52 Å². The van der Waals surface area contributed by atoms with E-state index in [1.54, 1.807) is 24.5 Å². The molecule has 2 fully saturated rings. The summed E-state index contributed by atoms with van der Waals surface area (Å²) in [6.45, 7) is 10.6. The number of rotatable bonds is 9. The molecule has 3 N–H and O–H groups in total. The molecule has 2 saturated heterocycles. The number of piperidine rings is 1. The molecule has 0 unspecified atom stereocenters. The van der Waals surface area contributed by atoms with Gasteiger partial charge < -0.3 is 25.1 Å². The Balaban J connectivity index is 1.34. The molecule has 0 aromatic carbocycles. The predicted octanol–water partition coefficient (Wildman–Crippen LogP) is 2.54. The van der Waals surface area contributed by atoms with E-state index < -0.39 is 6.04 Å². The van der Waals surface area contributed by atoms with Crippen LogP contribution in [0.1, 0.15) is 26.2 Å². The minimum Gasteiger partial charge on any atom is -0.461 e. The number of amides is 1. The number of nitrogen functional groups attached to an aromatic ring is 1. The molecule has 2 aliphatic rings. The average Bonchev–Trinajstić information content (AvgIpc) is 3.64. The highest BCUT2D eigenvalue weighted by atomic mass is 16.5. The number of fused-ring (bicyclic) bond motifs is 1. The smallest absolute Gasteiger partial charge is 0.259 e. The number of allylic oxidation sites excluding steroid dienone is 4. The molecule has 12 nitrogen and oxygen atoms in total. The molecule has 0 radical (unpaired) electrons. The first-order valence-corrected chi connectivity index (χ1v) is 13.3. The molecule has 0 aliphatic carbocycles. The van der Waals surface area contributed by atoms with Gasteiger partial charge in [-0.05, 0) is 38.3 Å². The highest BCUT2D eigenvalue weighted by molar-refractivity contribution is 5.84. The van der Waals surface area contributed by atoms with E-state index in [-0.39, 0.29) is 23.6 Å². The number of hydrogen-bond donors (Lipinski definition) is 2. The van der Waals surface area contributed by atoms with Crippen LogP contribution in [0.15, 0.2) is 59.3 Å². The van der Waals surface area contributed by atoms with Crippen molar-refractivity contribution in [3.05, 3.63) is 54.9 Å². The van der Waals surface area contributed by atoms with Gasteiger partial charge in [-0.1, -0.05) is 36.5 Å². The third-order valence-electron chi connectivity index (χ3n) is 7.07. The van der Waals surface area contributed by atoms with Crippen LogP contribution in [0.2, 0.25) is 0 Å². The van der Waals surface area contributed by atoms with E-state index in [0.29, 0.717) is 37.1 Å². The normalized spacial score (nSPS) is 18.6. The molecule has 0 saturated carbocycles. The van der Waals surface area contributed by atoms with Crippen molar-refractivity contribution in [3.8, 4) is 11.6 Å². The summed E-state index contributed by atoms with van der Waals surface area (Å²) in [5.41, 5.74) is 7.21. The van der Waals surface area contributed by atoms with Crippen LogP contribution in [0.4, 0.5) is 11.9 Å². The molecule has 1 amide bonds. The van der Waals surface area contributed by atoms with Crippen molar-refractivity contribution in [1.82, 2.24) is 34.4 Å². The number of nitrogens with zero attached hydrogens (tertiary/aromatic N) is 7. The fraction of sp³-hybridized carbons (Fsp3) is 0.444. The van der Waals surface area contributed by atoms with Crippen molar-refractivity contribution < 1.29 is 13.9 Å². The summed E-state index contributed by atoms with van der Waals surface area (Å²) in [6, 6.07) is 3.41. The SMILES string of the molecule is C=C/C=C\C=C(/C)C[C@H](Nc1nc(N)n2nc(-c3ccco3)nc2n1)C(=O)N1CCC(N2CCOCC2)CC1. The van der Waals surface area contributed by atoms with Gasteiger partial charge in [-0.25, -0.2) is 0 Å². The number of furan rings is 1. The summed E-state index contributed by atoms with van der Waals surface area (Å²) in [5, 5.41) is 7.58. The first-order valence-electron chi connectivity index (χ1n) is 13.3. The van der Waals surface area contributed by atoms with Crippen LogP contribution in [0, 0.1) is 0 Å². The van der Waals surface area contributed by atoms with E-state index in [9.17, 15) is 4.79 Å². The van der Waals surface area contributed by atoms with Crippen LogP contribution >= 0.6 is 0 Å². The number of anilines is 2. The zero-order valence-corrected chi connectivity index (χ0v) is 22.2. The van der Waals surface area contributed by atoms with Crippen LogP contribution in [0.5, 0.6) is 0 Å². The van der Waals surface area contributed by atoms with Crippen LogP contribution in [-0.4, -0.2) is 91.7 Å². The Kier molecular flexibility index (Phi) is 8.33. The molecular weight excluding hydrogens is 498 g/mol. The largest absolute Gasteiger partial charge is 0.461 e. The van der Waals surface area contributed by atoms with Gasteiger partial charge in [0.2, 0.25) is 23.6 Å². The molecule has 0 bridgehead atoms. The Morgan fingerprint density at radius 1 is 1.21 bits per heavy atom. The lowest BCUT2D eigenvalue weighted by molar-refractivity contribution is -0.133. The topological polar surface area (TPSA) is 140 Å². The third kappa shape index (κ3) is 6.35. The van der Waals surface area contributed by atoms with Gasteiger partial charge in [0.25, 0.3) is 5.78 Å². The van der Waals surface area contributed by atoms with Gasteiger partial charge in [0, 0.05) is 32.2 Å². The van der Waals surface area contributed by atoms with Crippen molar-refractivity contribution in [3.63, 3.8) is 0 Å². The molecule has 1 atom stereocenters. The molecule has 206 valence electrons. The van der Waals surface area contributed by atoms with Crippen molar-refractivity contribution in [1.29, 1.82) is 0 Å². The van der Waals surface area contributed by atoms with Gasteiger partial charge in [0.1, 0.15) is 6.04 Å². The van der Waals surface area contributed by atoms with Gasteiger partial charge in [-0.3, -0.25) is 9.69 Å². The Morgan fingerprint density at radius 3 is 2.72 bits per heavy atom. The Morgan fingerprint density at radius 2 is 2.00 bits per heavy atom. The maximum absolute atomic E-state index is 13.8. The highest BCUT2D eigenvalue weighted by Crippen LogP contribution is 2.22. The lowest BCUT2D eigenvalue weighted by Crippen LogP contribution is -2.52. The monoisotopic (exact) mass is 533 g/mol. The van der Waals surface area contributed by atoms with Gasteiger partial charge in [0.05, 0.1) is 19.5 Å². The molecule has 39 heavy (non-hydrogen) atoms. The minimum atomic E-state index is -0.576. The van der Waals surface area contributed by atoms with Crippen molar-refractivity contribution >= 4 is 23.6 Å². The Bertz CT molecular complexity index is 1330. The van der Waals surface area contributed by atoms with E-state index >= 15 is 0 Å². The van der Waals surface area contributed by atoms with Crippen molar-refractivity contribution in [2.45, 2.75) is 38.3 Å². The summed E-state index contributed by atoms with van der Waals surface area (Å²) in [6.07, 6.45) is 11.4. The van der Waals surface area contributed by atoms with Gasteiger partial charge in [-0.15, -0.1) is 5.10 Å². The quantitative estimate of drug-likeness (QED) is 0.394. The number of ether oxygens (including phenoxy) is 1. The second-order valence-corrected chi connectivity index (χ2v) is 9.77. The predicted molar refractivity (Wildman–Crippen MR) is 148 cm³/mol. The lowest BCUT2D eigenvalue weighted by Gasteiger charge is -2.40. The average molecular weight is 534 g/mol. The molecule has 2 aliphatic heterocycles. The lowest BCUT2D eigenvalue weighted by atomic mass is 10.00. The van der Waals surface area contributed by atoms with Crippen molar-refractivity contribution in [2.75, 3.05) is 50.4 Å². The number of hydrogen-bond acceptors (Lipinski definition) is 10. The fourth-order valence-corrected chi connectivity index (χ4v) is 5.04. The first kappa shape index (κ1) is 26.6. The minimum absolute atomic E-state index is 0.00987. The number of aromatic nitrogens is 5. The first-order chi connectivity index (χ1) is 19.0. The van der Waals surface area contributed by atoms with E-state index in [1.807, 2.05) is 30.1 Å². The molecule has 12 heteroatoms. The second kappa shape index (κ2) is 12.2. The third-order valence-corrected chi connectivity index (χ3v) is 7.07. The molecule has 5 heterocycles. The summed E-state index contributed by atoms with van der Waals surface area (Å²) in [7, 11) is 0. The van der Waals surface area contributed by atoms with E-state index in [4.69, 9.17) is 14.9 Å². The molecular formula is C27H35N9O3. The van der Waals surface area contributed by atoms with Gasteiger partial charge in [-0.2, -0.15) is 19.5 Å². The maximum atomic E-state index is 13.8. The standard InChI is InChI=1S/C27H35N9O3/c1-3-4-5-7-19(2)18-21(24(37)35-11-9-20(10-12-35)34-13-16-38-17-14-34)29-26-31-25(28)36-27(32-26)30-23(33-36)22-8-6-15-39-22/h3-8,15,20-21H,1,9-14,16-18H2,2H3,(H3,28,29,30,31,32,33)/b5-4-,19-7+/t21-/m0/s1. The number of nitrogens with two attached hydrogens (primary N) is 1. The number of carbonyl (C=O) groups is 1. The van der Waals surface area contributed by atoms with Crippen molar-refractivity contribution in [2.24, 2.45) is 0 Å². The molecule has 0 spiro atoms. The summed E-state index contributed by atoms with van der Waals surface area (Å²) >= 11 is 0. The Labute approximate surface area is 227 Å². The van der Waals surface area contributed by atoms with Crippen LogP contribution in [-0.2, 0) is 9.53 Å². The van der Waals surface area contributed by atoms with E-state index in [0.717, 1.165) is 44.7 Å². The number of likely N-dealkylation sites (tertiary alicyclic amines) is 1. The number of morpholine rings is 1. The summed E-state index contributed by atoms with van der Waals surface area (Å²) < 4.78 is 12.2. The van der Waals surface area contributed by atoms with Crippen LogP contribution in [0.3, 0.4) is 0 Å². The van der Waals surface area contributed by atoms with Crippen LogP contribution < -0.4 is 11.1 Å². The van der Waals surface area contributed by atoms with Gasteiger partial charge >= 0.3 is 0 Å². The number of nitrogens with one attached hydrogen (secondary N) is 1. The molecule has 3 aromatic heterocycles. The number of carbonyl (C=O) groups excluding carboxylic acids is 1. The Hall–Kier alpha value is -4.03. The zero-order chi connectivity index (χ0) is 27.2. The molecule has 3 aromatic rings. The summed E-state index contributed by atoms with van der Waals surface area (Å²) in [4.78, 5) is 31.5. The second-order valence-electron chi connectivity index (χ2n) is 9.77. The fourth-order valence-electron chi connectivity index (χ4n) is 5.04. The van der Waals surface area contributed by atoms with Crippen LogP contribution in [0.25, 0.3) is 17.4 Å². The molecule has 5 rings (SSSR count). The van der Waals surface area contributed by atoms with Gasteiger partial charge in [0.15, 0.2) is 5.76 Å². The van der Waals surface area contributed by atoms with E-state index in [2.05, 4.69) is 36.8 Å². The maximum Gasteiger partial charge on any atom is 0.259 e. The highest BCUT2D eigenvalue weighted by Gasteiger charge is 2.31. The summed E-state index contributed by atoms with van der Waals surface area (Å²) in [5.74, 6) is 1.43. The zero-order valence-electron chi connectivity index (χ0n) is 22.2.